The lowest BCUT2D eigenvalue weighted by Gasteiger charge is -2.08. The Kier molecular flexibility index (Phi) is 6.17. The molecule has 0 radical (unpaired) electrons. The summed E-state index contributed by atoms with van der Waals surface area (Å²) in [5.41, 5.74) is 1.05. The van der Waals surface area contributed by atoms with Gasteiger partial charge in [0.05, 0.1) is 11.9 Å². The topological polar surface area (TPSA) is 92.0 Å². The molecule has 0 aliphatic rings. The predicted molar refractivity (Wildman–Crippen MR) is 110 cm³/mol. The maximum Gasteiger partial charge on any atom is 0.573 e. The summed E-state index contributed by atoms with van der Waals surface area (Å²) in [7, 11) is 0. The normalized spacial score (nSPS) is 11.0. The molecule has 0 unspecified atom stereocenters. The number of alkyl halides is 3. The molecule has 0 fully saturated rings. The minimum absolute atomic E-state index is 0.123. The van der Waals surface area contributed by atoms with Crippen LogP contribution in [0.3, 0.4) is 0 Å². The van der Waals surface area contributed by atoms with E-state index in [2.05, 4.69) is 36.9 Å². The first-order valence-corrected chi connectivity index (χ1v) is 9.53. The molecule has 2 aromatic carbocycles. The molecule has 0 spiro atoms. The highest BCUT2D eigenvalue weighted by molar-refractivity contribution is 5.78. The number of rotatable bonds is 5. The molecule has 0 N–H and O–H groups in total. The van der Waals surface area contributed by atoms with E-state index in [0.717, 1.165) is 0 Å². The van der Waals surface area contributed by atoms with E-state index >= 15 is 0 Å². The van der Waals surface area contributed by atoms with Gasteiger partial charge in [0.1, 0.15) is 17.9 Å². The average molecular weight is 453 g/mol. The number of nitrogens with zero attached hydrogens (tertiary/aromatic N) is 5. The molecule has 0 aliphatic carbocycles. The minimum atomic E-state index is -4.75. The Bertz CT molecular complexity index is 1380. The second-order valence-electron chi connectivity index (χ2n) is 6.55. The Hall–Kier alpha value is -4.46. The molecular formula is C22H14F3N5O3. The molecule has 0 saturated carbocycles. The summed E-state index contributed by atoms with van der Waals surface area (Å²) in [6, 6.07) is 11.9. The van der Waals surface area contributed by atoms with Gasteiger partial charge in [0.25, 0.3) is 5.56 Å². The fraction of sp³-hybridized carbons (Fsp3) is 0.136. The first-order valence-electron chi connectivity index (χ1n) is 9.53. The molecule has 0 amide bonds. The SMILES string of the molecule is O=c1c2cc(C#Cc3ccc(OC(F)(F)F)cc3)ccc2nnn1CCOc1ncccn1. The molecule has 0 atom stereocenters. The number of ether oxygens (including phenoxy) is 2. The van der Waals surface area contributed by atoms with Gasteiger partial charge < -0.3 is 9.47 Å². The molecule has 4 rings (SSSR count). The van der Waals surface area contributed by atoms with Crippen LogP contribution in [0.5, 0.6) is 11.8 Å². The van der Waals surface area contributed by atoms with Crippen molar-refractivity contribution in [2.45, 2.75) is 12.9 Å². The zero-order valence-corrected chi connectivity index (χ0v) is 16.8. The standard InChI is InChI=1S/C22H14F3N5O3/c23-22(24,25)33-17-7-4-15(5-8-17)2-3-16-6-9-19-18(14-16)20(31)30(29-28-19)12-13-32-21-26-10-1-11-27-21/h1,4-11,14H,12-13H2. The first-order chi connectivity index (χ1) is 15.9. The third-order valence-corrected chi connectivity index (χ3v) is 4.24. The number of benzene rings is 2. The van der Waals surface area contributed by atoms with Crippen molar-refractivity contribution < 1.29 is 22.6 Å². The van der Waals surface area contributed by atoms with Crippen LogP contribution < -0.4 is 15.0 Å². The smallest absolute Gasteiger partial charge is 0.461 e. The third kappa shape index (κ3) is 5.82. The van der Waals surface area contributed by atoms with E-state index in [1.54, 1.807) is 24.3 Å². The van der Waals surface area contributed by atoms with Gasteiger partial charge in [-0.3, -0.25) is 4.79 Å². The molecule has 2 heterocycles. The van der Waals surface area contributed by atoms with Crippen LogP contribution in [0.15, 0.2) is 65.7 Å². The molecule has 33 heavy (non-hydrogen) atoms. The fourth-order valence-electron chi connectivity index (χ4n) is 2.77. The summed E-state index contributed by atoms with van der Waals surface area (Å²) in [5, 5.41) is 8.26. The quantitative estimate of drug-likeness (QED) is 0.429. The maximum absolute atomic E-state index is 12.8. The molecule has 166 valence electrons. The van der Waals surface area contributed by atoms with E-state index < -0.39 is 6.36 Å². The van der Waals surface area contributed by atoms with Crippen LogP contribution >= 0.6 is 0 Å². The Morgan fingerprint density at radius 2 is 1.67 bits per heavy atom. The van der Waals surface area contributed by atoms with E-state index in [1.165, 1.54) is 41.3 Å². The van der Waals surface area contributed by atoms with Gasteiger partial charge in [0.15, 0.2) is 0 Å². The average Bonchev–Trinajstić information content (AvgIpc) is 2.80. The van der Waals surface area contributed by atoms with Gasteiger partial charge in [-0.25, -0.2) is 14.6 Å². The largest absolute Gasteiger partial charge is 0.573 e. The van der Waals surface area contributed by atoms with Crippen molar-refractivity contribution in [3.8, 4) is 23.6 Å². The van der Waals surface area contributed by atoms with Gasteiger partial charge in [0, 0.05) is 23.5 Å². The summed E-state index contributed by atoms with van der Waals surface area (Å²) in [5.74, 6) is 5.39. The summed E-state index contributed by atoms with van der Waals surface area (Å²) in [6.45, 7) is 0.264. The lowest BCUT2D eigenvalue weighted by atomic mass is 10.1. The lowest BCUT2D eigenvalue weighted by molar-refractivity contribution is -0.274. The number of halogens is 3. The van der Waals surface area contributed by atoms with E-state index in [-0.39, 0.29) is 30.5 Å². The predicted octanol–water partition coefficient (Wildman–Crippen LogP) is 2.96. The van der Waals surface area contributed by atoms with Crippen molar-refractivity contribution in [2.75, 3.05) is 6.61 Å². The van der Waals surface area contributed by atoms with Gasteiger partial charge in [-0.15, -0.1) is 18.3 Å². The van der Waals surface area contributed by atoms with E-state index in [9.17, 15) is 18.0 Å². The monoisotopic (exact) mass is 453 g/mol. The molecule has 0 bridgehead atoms. The summed E-state index contributed by atoms with van der Waals surface area (Å²) < 4.78 is 47.1. The second-order valence-corrected chi connectivity index (χ2v) is 6.55. The van der Waals surface area contributed by atoms with Crippen LogP contribution in [0.25, 0.3) is 10.9 Å². The van der Waals surface area contributed by atoms with Crippen molar-refractivity contribution in [1.29, 1.82) is 0 Å². The summed E-state index contributed by atoms with van der Waals surface area (Å²) in [6.07, 6.45) is -1.68. The van der Waals surface area contributed by atoms with Crippen LogP contribution in [0.2, 0.25) is 0 Å². The van der Waals surface area contributed by atoms with Crippen molar-refractivity contribution in [1.82, 2.24) is 25.0 Å². The second kappa shape index (κ2) is 9.35. The number of aromatic nitrogens is 5. The highest BCUT2D eigenvalue weighted by Crippen LogP contribution is 2.22. The van der Waals surface area contributed by atoms with Crippen molar-refractivity contribution in [3.05, 3.63) is 82.4 Å². The van der Waals surface area contributed by atoms with Crippen LogP contribution in [-0.4, -0.2) is 37.9 Å². The summed E-state index contributed by atoms with van der Waals surface area (Å²) in [4.78, 5) is 20.6. The molecule has 11 heteroatoms. The first kappa shape index (κ1) is 21.8. The molecule has 0 aliphatic heterocycles. The lowest BCUT2D eigenvalue weighted by Crippen LogP contribution is -2.27. The van der Waals surface area contributed by atoms with E-state index in [1.807, 2.05) is 0 Å². The van der Waals surface area contributed by atoms with Crippen LogP contribution in [0.4, 0.5) is 13.2 Å². The Morgan fingerprint density at radius 1 is 0.970 bits per heavy atom. The Morgan fingerprint density at radius 3 is 2.39 bits per heavy atom. The Labute approximate surface area is 184 Å². The van der Waals surface area contributed by atoms with Gasteiger partial charge in [-0.2, -0.15) is 0 Å². The van der Waals surface area contributed by atoms with Gasteiger partial charge in [0.2, 0.25) is 0 Å². The molecule has 2 aromatic heterocycles. The van der Waals surface area contributed by atoms with Gasteiger partial charge in [-0.1, -0.05) is 17.1 Å². The van der Waals surface area contributed by atoms with Crippen LogP contribution in [0.1, 0.15) is 11.1 Å². The van der Waals surface area contributed by atoms with Gasteiger partial charge >= 0.3 is 12.4 Å². The third-order valence-electron chi connectivity index (χ3n) is 4.24. The van der Waals surface area contributed by atoms with E-state index in [0.29, 0.717) is 22.0 Å². The zero-order chi connectivity index (χ0) is 23.3. The number of fused-ring (bicyclic) bond motifs is 1. The number of hydrogen-bond donors (Lipinski definition) is 0. The Balaban J connectivity index is 1.49. The fourth-order valence-corrected chi connectivity index (χ4v) is 2.77. The minimum Gasteiger partial charge on any atom is -0.461 e. The molecule has 8 nitrogen and oxygen atoms in total. The maximum atomic E-state index is 12.8. The van der Waals surface area contributed by atoms with Crippen molar-refractivity contribution >= 4 is 10.9 Å². The van der Waals surface area contributed by atoms with E-state index in [4.69, 9.17) is 4.74 Å². The number of hydrogen-bond acceptors (Lipinski definition) is 7. The zero-order valence-electron chi connectivity index (χ0n) is 16.8. The molecule has 4 aromatic rings. The van der Waals surface area contributed by atoms with Crippen molar-refractivity contribution in [3.63, 3.8) is 0 Å². The van der Waals surface area contributed by atoms with Crippen LogP contribution in [0, 0.1) is 11.8 Å². The summed E-state index contributed by atoms with van der Waals surface area (Å²) >= 11 is 0. The van der Waals surface area contributed by atoms with Gasteiger partial charge in [-0.05, 0) is 48.5 Å². The highest BCUT2D eigenvalue weighted by Gasteiger charge is 2.30. The van der Waals surface area contributed by atoms with Crippen LogP contribution in [-0.2, 0) is 6.54 Å². The highest BCUT2D eigenvalue weighted by atomic mass is 19.4. The molecule has 0 saturated heterocycles. The molecular weight excluding hydrogens is 439 g/mol. The van der Waals surface area contributed by atoms with Crippen molar-refractivity contribution in [2.24, 2.45) is 0 Å².